The average Bonchev–Trinajstić information content (AvgIpc) is 2.62. The summed E-state index contributed by atoms with van der Waals surface area (Å²) in [5, 5.41) is 6.41. The highest BCUT2D eigenvalue weighted by molar-refractivity contribution is 14.0. The van der Waals surface area contributed by atoms with Gasteiger partial charge in [0, 0.05) is 45.3 Å². The predicted octanol–water partition coefficient (Wildman–Crippen LogP) is 2.57. The number of aryl methyl sites for hydroxylation is 1. The van der Waals surface area contributed by atoms with Gasteiger partial charge in [-0.1, -0.05) is 17.7 Å². The first-order valence-electron chi connectivity index (χ1n) is 9.94. The molecular formula is C20H38IN5O2S. The van der Waals surface area contributed by atoms with Crippen LogP contribution < -0.4 is 15.4 Å². The first kappa shape index (κ1) is 28.1. The molecule has 29 heavy (non-hydrogen) atoms. The van der Waals surface area contributed by atoms with Gasteiger partial charge < -0.3 is 10.6 Å². The minimum atomic E-state index is -3.48. The van der Waals surface area contributed by atoms with Gasteiger partial charge in [-0.15, -0.1) is 24.0 Å². The zero-order valence-electron chi connectivity index (χ0n) is 18.5. The Balaban J connectivity index is 0.00000784. The molecule has 9 heteroatoms. The highest BCUT2D eigenvalue weighted by atomic mass is 127. The predicted molar refractivity (Wildman–Crippen MR) is 133 cm³/mol. The van der Waals surface area contributed by atoms with Gasteiger partial charge in [0.1, 0.15) is 0 Å². The lowest BCUT2D eigenvalue weighted by atomic mass is 10.2. The van der Waals surface area contributed by atoms with Gasteiger partial charge >= 0.3 is 0 Å². The van der Waals surface area contributed by atoms with Crippen molar-refractivity contribution in [3.05, 3.63) is 29.8 Å². The molecule has 0 atom stereocenters. The van der Waals surface area contributed by atoms with Gasteiger partial charge in [-0.05, 0) is 53.2 Å². The summed E-state index contributed by atoms with van der Waals surface area (Å²) in [5.74, 6) is 0.676. The van der Waals surface area contributed by atoms with Gasteiger partial charge in [0.15, 0.2) is 5.96 Å². The highest BCUT2D eigenvalue weighted by Crippen LogP contribution is 2.09. The molecule has 0 heterocycles. The number of aliphatic imine (C=N–C) groups is 1. The van der Waals surface area contributed by atoms with Crippen LogP contribution in [0.3, 0.4) is 0 Å². The molecule has 0 saturated carbocycles. The molecule has 1 rings (SSSR count). The second-order valence-electron chi connectivity index (χ2n) is 7.42. The van der Waals surface area contributed by atoms with Crippen LogP contribution in [0, 0.1) is 6.92 Å². The second-order valence-corrected chi connectivity index (χ2v) is 9.18. The number of sulfonamides is 1. The molecule has 1 aromatic carbocycles. The first-order chi connectivity index (χ1) is 13.2. The second kappa shape index (κ2) is 14.2. The Morgan fingerprint density at radius 1 is 1.00 bits per heavy atom. The molecule has 0 amide bonds. The van der Waals surface area contributed by atoms with Crippen LogP contribution in [-0.2, 0) is 10.0 Å². The molecule has 0 spiro atoms. The number of halogens is 1. The number of guanidine groups is 1. The molecule has 3 N–H and O–H groups in total. The summed E-state index contributed by atoms with van der Waals surface area (Å²) in [4.78, 5) is 6.91. The van der Waals surface area contributed by atoms with Crippen LogP contribution in [0.2, 0.25) is 0 Å². The van der Waals surface area contributed by atoms with Crippen LogP contribution in [0.5, 0.6) is 0 Å². The van der Waals surface area contributed by atoms with Gasteiger partial charge in [0.05, 0.1) is 4.90 Å². The van der Waals surface area contributed by atoms with E-state index in [1.165, 1.54) is 0 Å². The van der Waals surface area contributed by atoms with E-state index in [0.717, 1.165) is 25.1 Å². The zero-order chi connectivity index (χ0) is 21.2. The molecule has 0 radical (unpaired) electrons. The Hall–Kier alpha value is -0.910. The maximum Gasteiger partial charge on any atom is 0.240 e. The Kier molecular flexibility index (Phi) is 13.7. The summed E-state index contributed by atoms with van der Waals surface area (Å²) >= 11 is 0. The molecule has 7 nitrogen and oxygen atoms in total. The topological polar surface area (TPSA) is 85.8 Å². The summed E-state index contributed by atoms with van der Waals surface area (Å²) in [7, 11) is -1.78. The Morgan fingerprint density at radius 2 is 1.55 bits per heavy atom. The number of nitrogens with one attached hydrogen (secondary N) is 3. The molecule has 0 aromatic heterocycles. The molecule has 0 fully saturated rings. The molecule has 0 aliphatic heterocycles. The molecule has 168 valence electrons. The van der Waals surface area contributed by atoms with Crippen molar-refractivity contribution < 1.29 is 8.42 Å². The van der Waals surface area contributed by atoms with Crippen LogP contribution >= 0.6 is 24.0 Å². The zero-order valence-corrected chi connectivity index (χ0v) is 21.7. The van der Waals surface area contributed by atoms with E-state index in [0.29, 0.717) is 24.6 Å². The van der Waals surface area contributed by atoms with E-state index in [4.69, 9.17) is 0 Å². The van der Waals surface area contributed by atoms with Crippen LogP contribution in [0.25, 0.3) is 0 Å². The van der Waals surface area contributed by atoms with Gasteiger partial charge in [-0.2, -0.15) is 0 Å². The summed E-state index contributed by atoms with van der Waals surface area (Å²) in [5.41, 5.74) is 1.03. The molecule has 0 bridgehead atoms. The Labute approximate surface area is 194 Å². The standard InChI is InChI=1S/C20H37N5O2S.HI/c1-16(2)25(17(3)4)15-7-12-22-20(21-6)23-13-14-24-28(26,27)19-10-8-18(5)9-11-19;/h8-11,16-17,24H,7,12-15H2,1-6H3,(H2,21,22,23);1H. The van der Waals surface area contributed by atoms with Gasteiger partial charge in [0.2, 0.25) is 10.0 Å². The van der Waals surface area contributed by atoms with Crippen molar-refractivity contribution in [1.82, 2.24) is 20.3 Å². The summed E-state index contributed by atoms with van der Waals surface area (Å²) in [6.07, 6.45) is 1.01. The maximum absolute atomic E-state index is 12.3. The first-order valence-corrected chi connectivity index (χ1v) is 11.4. The lowest BCUT2D eigenvalue weighted by molar-refractivity contribution is 0.173. The van der Waals surface area contributed by atoms with Crippen molar-refractivity contribution in [1.29, 1.82) is 0 Å². The molecule has 0 aliphatic carbocycles. The van der Waals surface area contributed by atoms with E-state index in [1.54, 1.807) is 31.3 Å². The third-order valence-corrected chi connectivity index (χ3v) is 5.95. The van der Waals surface area contributed by atoms with Gasteiger partial charge in [-0.3, -0.25) is 9.89 Å². The van der Waals surface area contributed by atoms with Crippen LogP contribution in [0.15, 0.2) is 34.2 Å². The van der Waals surface area contributed by atoms with E-state index >= 15 is 0 Å². The monoisotopic (exact) mass is 539 g/mol. The fourth-order valence-electron chi connectivity index (χ4n) is 2.97. The molecule has 0 saturated heterocycles. The van der Waals surface area contributed by atoms with E-state index in [1.807, 2.05) is 6.92 Å². The third-order valence-electron chi connectivity index (χ3n) is 4.48. The quantitative estimate of drug-likeness (QED) is 0.174. The number of hydrogen-bond donors (Lipinski definition) is 3. The molecule has 0 aliphatic rings. The van der Waals surface area contributed by atoms with E-state index in [-0.39, 0.29) is 35.4 Å². The van der Waals surface area contributed by atoms with Crippen molar-refractivity contribution in [2.45, 2.75) is 58.0 Å². The van der Waals surface area contributed by atoms with Crippen molar-refractivity contribution in [2.75, 3.05) is 33.2 Å². The SMILES string of the molecule is CN=C(NCCCN(C(C)C)C(C)C)NCCNS(=O)(=O)c1ccc(C)cc1.I. The van der Waals surface area contributed by atoms with E-state index in [9.17, 15) is 8.42 Å². The van der Waals surface area contributed by atoms with Gasteiger partial charge in [-0.25, -0.2) is 13.1 Å². The lowest BCUT2D eigenvalue weighted by Gasteiger charge is -2.30. The lowest BCUT2D eigenvalue weighted by Crippen LogP contribution is -2.43. The number of rotatable bonds is 11. The van der Waals surface area contributed by atoms with E-state index in [2.05, 4.69) is 52.9 Å². The van der Waals surface area contributed by atoms with Crippen LogP contribution in [0.4, 0.5) is 0 Å². The number of nitrogens with zero attached hydrogens (tertiary/aromatic N) is 2. The largest absolute Gasteiger partial charge is 0.356 e. The smallest absolute Gasteiger partial charge is 0.240 e. The molecular weight excluding hydrogens is 501 g/mol. The maximum atomic E-state index is 12.3. The van der Waals surface area contributed by atoms with E-state index < -0.39 is 10.0 Å². The molecule has 0 unspecified atom stereocenters. The van der Waals surface area contributed by atoms with Crippen molar-refractivity contribution in [3.8, 4) is 0 Å². The fourth-order valence-corrected chi connectivity index (χ4v) is 4.00. The highest BCUT2D eigenvalue weighted by Gasteiger charge is 2.13. The average molecular weight is 540 g/mol. The van der Waals surface area contributed by atoms with Gasteiger partial charge in [0.25, 0.3) is 0 Å². The normalized spacial score (nSPS) is 12.4. The minimum Gasteiger partial charge on any atom is -0.356 e. The fraction of sp³-hybridized carbons (Fsp3) is 0.650. The van der Waals surface area contributed by atoms with Crippen LogP contribution in [-0.4, -0.2) is 64.6 Å². The summed E-state index contributed by atoms with van der Waals surface area (Å²) in [6.45, 7) is 13.4. The molecule has 1 aromatic rings. The van der Waals surface area contributed by atoms with Crippen molar-refractivity contribution in [2.24, 2.45) is 4.99 Å². The minimum absolute atomic E-state index is 0. The Bertz CT molecular complexity index is 698. The van der Waals surface area contributed by atoms with Crippen molar-refractivity contribution in [3.63, 3.8) is 0 Å². The number of benzene rings is 1. The van der Waals surface area contributed by atoms with Crippen LogP contribution in [0.1, 0.15) is 39.7 Å². The van der Waals surface area contributed by atoms with Crippen molar-refractivity contribution >= 4 is 40.0 Å². The Morgan fingerprint density at radius 3 is 2.07 bits per heavy atom. The summed E-state index contributed by atoms with van der Waals surface area (Å²) in [6, 6.07) is 7.86. The third kappa shape index (κ3) is 10.6. The number of hydrogen-bond acceptors (Lipinski definition) is 4. The summed E-state index contributed by atoms with van der Waals surface area (Å²) < 4.78 is 27.1.